The Morgan fingerprint density at radius 3 is 2.38 bits per heavy atom. The second-order valence-electron chi connectivity index (χ2n) is 8.76. The van der Waals surface area contributed by atoms with Crippen molar-refractivity contribution in [1.29, 1.82) is 5.41 Å². The monoisotopic (exact) mass is 346 g/mol. The zero-order valence-corrected chi connectivity index (χ0v) is 15.9. The van der Waals surface area contributed by atoms with E-state index in [1.807, 2.05) is 18.2 Å². The Morgan fingerprint density at radius 2 is 1.69 bits per heavy atom. The molecule has 4 heteroatoms. The molecule has 1 aromatic heterocycles. The lowest BCUT2D eigenvalue weighted by molar-refractivity contribution is 0.332. The van der Waals surface area contributed by atoms with Gasteiger partial charge in [0.15, 0.2) is 0 Å². The molecule has 26 heavy (non-hydrogen) atoms. The van der Waals surface area contributed by atoms with E-state index >= 15 is 0 Å². The van der Waals surface area contributed by atoms with E-state index in [2.05, 4.69) is 50.9 Å². The van der Waals surface area contributed by atoms with Crippen molar-refractivity contribution in [3.05, 3.63) is 53.1 Å². The lowest BCUT2D eigenvalue weighted by Gasteiger charge is -2.42. The zero-order chi connectivity index (χ0) is 18.7. The number of nitrogens with one attached hydrogen (secondary N) is 2. The summed E-state index contributed by atoms with van der Waals surface area (Å²) in [6.07, 6.45) is 2.41. The Labute approximate surface area is 154 Å². The van der Waals surface area contributed by atoms with Crippen LogP contribution >= 0.6 is 0 Å². The number of amidine groups is 1. The van der Waals surface area contributed by atoms with Crippen molar-refractivity contribution in [2.24, 2.45) is 5.73 Å². The molecule has 4 N–H and O–H groups in total. The van der Waals surface area contributed by atoms with Crippen LogP contribution in [0.15, 0.2) is 36.4 Å². The topological polar surface area (TPSA) is 78.6 Å². The molecule has 3 aromatic rings. The molecule has 0 aliphatic heterocycles. The minimum Gasteiger partial charge on any atom is -0.384 e. The molecule has 0 bridgehead atoms. The lowest BCUT2D eigenvalue weighted by atomic mass is 9.63. The van der Waals surface area contributed by atoms with Gasteiger partial charge in [-0.15, -0.1) is 0 Å². The summed E-state index contributed by atoms with van der Waals surface area (Å²) in [7, 11) is 0. The van der Waals surface area contributed by atoms with Crippen molar-refractivity contribution in [3.8, 4) is 11.4 Å². The summed E-state index contributed by atoms with van der Waals surface area (Å²) in [6.45, 7) is 9.35. The number of aromatic nitrogens is 2. The lowest BCUT2D eigenvalue weighted by Crippen LogP contribution is -2.33. The van der Waals surface area contributed by atoms with Gasteiger partial charge in [-0.1, -0.05) is 39.8 Å². The van der Waals surface area contributed by atoms with Crippen molar-refractivity contribution in [3.63, 3.8) is 0 Å². The van der Waals surface area contributed by atoms with Gasteiger partial charge in [0.25, 0.3) is 0 Å². The van der Waals surface area contributed by atoms with Gasteiger partial charge < -0.3 is 10.7 Å². The molecule has 0 unspecified atom stereocenters. The second kappa shape index (κ2) is 5.44. The summed E-state index contributed by atoms with van der Waals surface area (Å²) in [6, 6.07) is 12.4. The SMILES string of the molecule is CC1(C)CCC(C)(C)c2cc(-c3nc4ccc(C(=N)N)cc4[nH]3)ccc21. The van der Waals surface area contributed by atoms with Crippen LogP contribution < -0.4 is 5.73 Å². The fourth-order valence-electron chi connectivity index (χ4n) is 4.05. The average molecular weight is 346 g/mol. The van der Waals surface area contributed by atoms with E-state index in [-0.39, 0.29) is 16.7 Å². The highest BCUT2D eigenvalue weighted by Gasteiger charge is 2.37. The van der Waals surface area contributed by atoms with Crippen molar-refractivity contribution < 1.29 is 0 Å². The van der Waals surface area contributed by atoms with E-state index in [9.17, 15) is 0 Å². The second-order valence-corrected chi connectivity index (χ2v) is 8.76. The van der Waals surface area contributed by atoms with Gasteiger partial charge in [0, 0.05) is 11.1 Å². The van der Waals surface area contributed by atoms with Crippen LogP contribution in [0.4, 0.5) is 0 Å². The van der Waals surface area contributed by atoms with E-state index in [4.69, 9.17) is 16.1 Å². The van der Waals surface area contributed by atoms with Crippen LogP contribution in [-0.2, 0) is 10.8 Å². The summed E-state index contributed by atoms with van der Waals surface area (Å²) in [4.78, 5) is 8.15. The van der Waals surface area contributed by atoms with Crippen molar-refractivity contribution in [2.45, 2.75) is 51.4 Å². The molecule has 1 aliphatic rings. The van der Waals surface area contributed by atoms with Crippen molar-refractivity contribution >= 4 is 16.9 Å². The molecule has 134 valence electrons. The fraction of sp³-hybridized carbons (Fsp3) is 0.364. The number of hydrogen-bond donors (Lipinski definition) is 3. The summed E-state index contributed by atoms with van der Waals surface area (Å²) in [5.41, 5.74) is 12.5. The maximum absolute atomic E-state index is 7.61. The summed E-state index contributed by atoms with van der Waals surface area (Å²) in [5.74, 6) is 0.934. The molecular formula is C22H26N4. The molecule has 0 saturated carbocycles. The highest BCUT2D eigenvalue weighted by molar-refractivity contribution is 5.98. The molecule has 0 fully saturated rings. The van der Waals surface area contributed by atoms with Crippen molar-refractivity contribution in [2.75, 3.05) is 0 Å². The van der Waals surface area contributed by atoms with Gasteiger partial charge in [-0.05, 0) is 59.1 Å². The smallest absolute Gasteiger partial charge is 0.138 e. The number of hydrogen-bond acceptors (Lipinski definition) is 2. The van der Waals surface area contributed by atoms with Crippen LogP contribution in [0.25, 0.3) is 22.4 Å². The molecule has 0 atom stereocenters. The van der Waals surface area contributed by atoms with E-state index < -0.39 is 0 Å². The number of imidazole rings is 1. The summed E-state index contributed by atoms with van der Waals surface area (Å²) >= 11 is 0. The number of aromatic amines is 1. The number of rotatable bonds is 2. The van der Waals surface area contributed by atoms with Crippen LogP contribution in [0.5, 0.6) is 0 Å². The molecule has 0 spiro atoms. The predicted molar refractivity (Wildman–Crippen MR) is 108 cm³/mol. The van der Waals surface area contributed by atoms with Crippen LogP contribution in [0.3, 0.4) is 0 Å². The molecule has 1 heterocycles. The highest BCUT2D eigenvalue weighted by atomic mass is 14.9. The Morgan fingerprint density at radius 1 is 1.00 bits per heavy atom. The standard InChI is InChI=1S/C22H26N4/c1-21(2)9-10-22(3,4)16-11-14(5-7-15(16)21)20-25-17-8-6-13(19(23)24)12-18(17)26-20/h5-8,11-12H,9-10H2,1-4H3,(H3,23,24)(H,25,26). The molecule has 0 amide bonds. The number of nitrogens with zero attached hydrogens (tertiary/aromatic N) is 1. The third-order valence-corrected chi connectivity index (χ3v) is 5.92. The van der Waals surface area contributed by atoms with Gasteiger partial charge in [0.1, 0.15) is 11.7 Å². The number of nitrogens with two attached hydrogens (primary N) is 1. The first-order valence-electron chi connectivity index (χ1n) is 9.17. The summed E-state index contributed by atoms with van der Waals surface area (Å²) in [5, 5.41) is 7.61. The molecule has 4 nitrogen and oxygen atoms in total. The van der Waals surface area contributed by atoms with Crippen molar-refractivity contribution in [1.82, 2.24) is 9.97 Å². The number of H-pyrrole nitrogens is 1. The van der Waals surface area contributed by atoms with E-state index in [1.165, 1.54) is 24.0 Å². The van der Waals surface area contributed by atoms with Gasteiger partial charge in [0.05, 0.1) is 11.0 Å². The maximum atomic E-state index is 7.61. The molecule has 0 saturated heterocycles. The first-order chi connectivity index (χ1) is 12.2. The minimum absolute atomic E-state index is 0.0702. The first kappa shape index (κ1) is 16.8. The van der Waals surface area contributed by atoms with Gasteiger partial charge in [-0.2, -0.15) is 0 Å². The zero-order valence-electron chi connectivity index (χ0n) is 15.9. The average Bonchev–Trinajstić information content (AvgIpc) is 3.02. The molecule has 1 aliphatic carbocycles. The molecule has 4 rings (SSSR count). The van der Waals surface area contributed by atoms with Gasteiger partial charge in [0.2, 0.25) is 0 Å². The first-order valence-corrected chi connectivity index (χ1v) is 9.17. The van der Waals surface area contributed by atoms with E-state index in [1.54, 1.807) is 0 Å². The minimum atomic E-state index is 0.0702. The quantitative estimate of drug-likeness (QED) is 0.457. The number of nitrogen functional groups attached to an aromatic ring is 1. The Kier molecular flexibility index (Phi) is 3.52. The third kappa shape index (κ3) is 2.61. The maximum Gasteiger partial charge on any atom is 0.138 e. The van der Waals surface area contributed by atoms with Crippen LogP contribution in [0.2, 0.25) is 0 Å². The summed E-state index contributed by atoms with van der Waals surface area (Å²) < 4.78 is 0. The Balaban J connectivity index is 1.84. The largest absolute Gasteiger partial charge is 0.384 e. The van der Waals surface area contributed by atoms with Crippen LogP contribution in [0, 0.1) is 5.41 Å². The molecule has 2 aromatic carbocycles. The third-order valence-electron chi connectivity index (χ3n) is 5.92. The normalized spacial score (nSPS) is 17.8. The van der Waals surface area contributed by atoms with Crippen LogP contribution in [-0.4, -0.2) is 15.8 Å². The number of fused-ring (bicyclic) bond motifs is 2. The van der Waals surface area contributed by atoms with Gasteiger partial charge >= 0.3 is 0 Å². The molecule has 0 radical (unpaired) electrons. The Hall–Kier alpha value is -2.62. The van der Waals surface area contributed by atoms with Crippen LogP contribution in [0.1, 0.15) is 57.2 Å². The molecular weight excluding hydrogens is 320 g/mol. The number of benzene rings is 2. The Bertz CT molecular complexity index is 1020. The van der Waals surface area contributed by atoms with E-state index in [0.29, 0.717) is 5.56 Å². The van der Waals surface area contributed by atoms with E-state index in [0.717, 1.165) is 22.4 Å². The van der Waals surface area contributed by atoms with Gasteiger partial charge in [-0.25, -0.2) is 4.98 Å². The fourth-order valence-corrected chi connectivity index (χ4v) is 4.05. The highest BCUT2D eigenvalue weighted by Crippen LogP contribution is 2.46. The predicted octanol–water partition coefficient (Wildman–Crippen LogP) is 4.86. The van der Waals surface area contributed by atoms with Gasteiger partial charge in [-0.3, -0.25) is 5.41 Å².